The second-order valence-corrected chi connectivity index (χ2v) is 1.08. The zero-order chi connectivity index (χ0) is 4.83. The molecule has 36 valence electrons. The van der Waals surface area contributed by atoms with Gasteiger partial charge < -0.3 is 4.74 Å². The van der Waals surface area contributed by atoms with Crippen LogP contribution in [0.1, 0.15) is 0 Å². The fourth-order valence-corrected chi connectivity index (χ4v) is 0. The topological polar surface area (TPSA) is 12.5 Å². The van der Waals surface area contributed by atoms with Crippen molar-refractivity contribution in [3.05, 3.63) is 12.1 Å². The van der Waals surface area contributed by atoms with E-state index in [9.17, 15) is 0 Å². The molecule has 6 heavy (non-hydrogen) atoms. The Morgan fingerprint density at radius 1 is 1.67 bits per heavy atom. The highest BCUT2D eigenvalue weighted by molar-refractivity contribution is 6.25. The molecule has 0 spiro atoms. The Bertz CT molecular complexity index is 31.8. The van der Waals surface area contributed by atoms with Crippen LogP contribution in [0, 0.1) is 0 Å². The van der Waals surface area contributed by atoms with Crippen molar-refractivity contribution in [3.63, 3.8) is 0 Å². The standard InChI is InChI=1S/C2H3Cl.C2H4O/c1-2-3;1-2-3-1/h2H,1H2;1-2H2. The van der Waals surface area contributed by atoms with Gasteiger partial charge in [-0.15, -0.1) is 0 Å². The van der Waals surface area contributed by atoms with Crippen LogP contribution in [0.25, 0.3) is 0 Å². The lowest BCUT2D eigenvalue weighted by Gasteiger charge is -1.27. The molecule has 0 aromatic heterocycles. The Hall–Kier alpha value is -0.0100. The zero-order valence-corrected chi connectivity index (χ0v) is 4.24. The molecule has 0 bridgehead atoms. The van der Waals surface area contributed by atoms with Crippen molar-refractivity contribution < 1.29 is 4.74 Å². The van der Waals surface area contributed by atoms with Crippen molar-refractivity contribution in [1.82, 2.24) is 0 Å². The van der Waals surface area contributed by atoms with Gasteiger partial charge in [-0.25, -0.2) is 0 Å². The highest BCUT2D eigenvalue weighted by Crippen LogP contribution is 1.84. The molecule has 0 saturated carbocycles. The van der Waals surface area contributed by atoms with Crippen LogP contribution in [-0.2, 0) is 4.74 Å². The van der Waals surface area contributed by atoms with Crippen molar-refractivity contribution in [1.29, 1.82) is 0 Å². The predicted octanol–water partition coefficient (Wildman–Crippen LogP) is 1.39. The molecule has 1 aliphatic heterocycles. The molecule has 0 amide bonds. The maximum Gasteiger partial charge on any atom is 0.0701 e. The third kappa shape index (κ3) is 36.4. The van der Waals surface area contributed by atoms with E-state index >= 15 is 0 Å². The lowest BCUT2D eigenvalue weighted by atomic mass is 11.0. The Labute approximate surface area is 42.6 Å². The van der Waals surface area contributed by atoms with Gasteiger partial charge in [0.25, 0.3) is 0 Å². The molecule has 0 N–H and O–H groups in total. The summed E-state index contributed by atoms with van der Waals surface area (Å²) in [7, 11) is 0. The van der Waals surface area contributed by atoms with Gasteiger partial charge >= 0.3 is 0 Å². The molecule has 2 heteroatoms. The highest BCUT2D eigenvalue weighted by atomic mass is 35.5. The number of hydrogen-bond donors (Lipinski definition) is 0. The summed E-state index contributed by atoms with van der Waals surface area (Å²) in [5.41, 5.74) is 1.22. The van der Waals surface area contributed by atoms with Gasteiger partial charge in [-0.05, 0) is 5.54 Å². The number of epoxide rings is 1. The molecule has 1 saturated heterocycles. The monoisotopic (exact) mass is 106 g/mol. The maximum atomic E-state index is 4.76. The largest absolute Gasteiger partial charge is 0.377 e. The summed E-state index contributed by atoms with van der Waals surface area (Å²) < 4.78 is 4.50. The molecule has 1 aliphatic rings. The first-order valence-electron chi connectivity index (χ1n) is 1.70. The van der Waals surface area contributed by atoms with E-state index in [0.717, 1.165) is 13.2 Å². The summed E-state index contributed by atoms with van der Waals surface area (Å²) in [6.45, 7) is 5.13. The van der Waals surface area contributed by atoms with Gasteiger partial charge in [-0.3, -0.25) is 0 Å². The molecule has 1 rings (SSSR count). The van der Waals surface area contributed by atoms with Crippen LogP contribution in [0.2, 0.25) is 0 Å². The van der Waals surface area contributed by atoms with E-state index in [1.807, 2.05) is 0 Å². The van der Waals surface area contributed by atoms with Gasteiger partial charge in [-0.1, -0.05) is 18.2 Å². The van der Waals surface area contributed by atoms with E-state index < -0.39 is 0 Å². The molecule has 1 heterocycles. The lowest BCUT2D eigenvalue weighted by Crippen LogP contribution is -1.20. The van der Waals surface area contributed by atoms with Gasteiger partial charge in [0.15, 0.2) is 0 Å². The third-order valence-electron chi connectivity index (χ3n) is 0.204. The number of hydrogen-bond acceptors (Lipinski definition) is 1. The van der Waals surface area contributed by atoms with Crippen molar-refractivity contribution in [2.24, 2.45) is 0 Å². The minimum Gasteiger partial charge on any atom is -0.377 e. The highest BCUT2D eigenvalue weighted by Gasteiger charge is 1.94. The van der Waals surface area contributed by atoms with Crippen molar-refractivity contribution in [2.45, 2.75) is 0 Å². The first-order valence-corrected chi connectivity index (χ1v) is 2.14. The van der Waals surface area contributed by atoms with E-state index in [0.29, 0.717) is 0 Å². The smallest absolute Gasteiger partial charge is 0.0701 e. The first-order chi connectivity index (χ1) is 2.91. The maximum absolute atomic E-state index is 4.76. The van der Waals surface area contributed by atoms with E-state index in [4.69, 9.17) is 11.6 Å². The minimum atomic E-state index is 1.00. The van der Waals surface area contributed by atoms with Gasteiger partial charge in [0, 0.05) is 0 Å². The van der Waals surface area contributed by atoms with Crippen molar-refractivity contribution in [3.8, 4) is 0 Å². The Morgan fingerprint density at radius 3 is 1.83 bits per heavy atom. The predicted molar refractivity (Wildman–Crippen MR) is 26.9 cm³/mol. The van der Waals surface area contributed by atoms with E-state index in [1.54, 1.807) is 0 Å². The summed E-state index contributed by atoms with van der Waals surface area (Å²) in [6, 6.07) is 0. The van der Waals surface area contributed by atoms with Gasteiger partial charge in [-0.2, -0.15) is 0 Å². The molecule has 0 atom stereocenters. The molecule has 0 unspecified atom stereocenters. The molecule has 0 aliphatic carbocycles. The summed E-state index contributed by atoms with van der Waals surface area (Å²) in [6.07, 6.45) is 0. The number of ether oxygens (including phenoxy) is 1. The molecule has 0 aromatic carbocycles. The molecular weight excluding hydrogens is 99.5 g/mol. The van der Waals surface area contributed by atoms with Crippen molar-refractivity contribution >= 4 is 11.6 Å². The average Bonchev–Trinajstić information content (AvgIpc) is 2.11. The molecule has 0 radical (unpaired) electrons. The SMILES string of the molecule is C1CO1.C=CCl. The zero-order valence-electron chi connectivity index (χ0n) is 3.48. The Morgan fingerprint density at radius 2 is 1.83 bits per heavy atom. The number of halogens is 1. The molecule has 0 aromatic rings. The third-order valence-corrected chi connectivity index (χ3v) is 0.204. The lowest BCUT2D eigenvalue weighted by molar-refractivity contribution is 0.475. The van der Waals surface area contributed by atoms with Crippen LogP contribution in [-0.4, -0.2) is 13.2 Å². The van der Waals surface area contributed by atoms with Crippen LogP contribution in [0.15, 0.2) is 12.1 Å². The molecular formula is C4H7ClO. The van der Waals surface area contributed by atoms with Crippen LogP contribution in [0.4, 0.5) is 0 Å². The van der Waals surface area contributed by atoms with Crippen LogP contribution < -0.4 is 0 Å². The van der Waals surface area contributed by atoms with Crippen LogP contribution >= 0.6 is 11.6 Å². The average molecular weight is 107 g/mol. The van der Waals surface area contributed by atoms with Crippen LogP contribution in [0.3, 0.4) is 0 Å². The van der Waals surface area contributed by atoms with E-state index in [2.05, 4.69) is 11.3 Å². The second kappa shape index (κ2) is 4.99. The first kappa shape index (κ1) is 5.99. The summed E-state index contributed by atoms with van der Waals surface area (Å²) in [5.74, 6) is 0. The quantitative estimate of drug-likeness (QED) is 0.425. The van der Waals surface area contributed by atoms with Crippen LogP contribution in [0.5, 0.6) is 0 Å². The summed E-state index contributed by atoms with van der Waals surface area (Å²) in [5, 5.41) is 0. The molecule has 1 fully saturated rings. The number of rotatable bonds is 0. The van der Waals surface area contributed by atoms with Gasteiger partial charge in [0.05, 0.1) is 13.2 Å². The van der Waals surface area contributed by atoms with E-state index in [-0.39, 0.29) is 0 Å². The van der Waals surface area contributed by atoms with Crippen molar-refractivity contribution in [2.75, 3.05) is 13.2 Å². The minimum absolute atomic E-state index is 1.00. The summed E-state index contributed by atoms with van der Waals surface area (Å²) >= 11 is 4.76. The van der Waals surface area contributed by atoms with E-state index in [1.165, 1.54) is 5.54 Å². The normalized spacial score (nSPS) is 14.2. The molecule has 1 nitrogen and oxygen atoms in total. The summed E-state index contributed by atoms with van der Waals surface area (Å²) in [4.78, 5) is 0. The van der Waals surface area contributed by atoms with Gasteiger partial charge in [0.2, 0.25) is 0 Å². The Kier molecular flexibility index (Phi) is 4.98. The fraction of sp³-hybridized carbons (Fsp3) is 0.500. The van der Waals surface area contributed by atoms with Gasteiger partial charge in [0.1, 0.15) is 0 Å². The fourth-order valence-electron chi connectivity index (χ4n) is 0. The Balaban J connectivity index is 0.0000000833. The second-order valence-electron chi connectivity index (χ2n) is 0.767.